The Bertz CT molecular complexity index is 300. The van der Waals surface area contributed by atoms with Crippen LogP contribution in [0, 0.1) is 0 Å². The van der Waals surface area contributed by atoms with Gasteiger partial charge in [0.2, 0.25) is 5.91 Å². The number of nitrogens with zero attached hydrogens (tertiary/aromatic N) is 2. The van der Waals surface area contributed by atoms with E-state index in [1.165, 1.54) is 0 Å². The molecule has 1 aromatic rings. The molecule has 17 heavy (non-hydrogen) atoms. The fourth-order valence-corrected chi connectivity index (χ4v) is 1.34. The van der Waals surface area contributed by atoms with Crippen LogP contribution in [0.25, 0.3) is 0 Å². The van der Waals surface area contributed by atoms with Crippen LogP contribution < -0.4 is 10.6 Å². The number of imidazole rings is 1. The molecule has 0 aromatic carbocycles. The molecule has 6 nitrogen and oxygen atoms in total. The maximum atomic E-state index is 11.3. The quantitative estimate of drug-likeness (QED) is 0.578. The van der Waals surface area contributed by atoms with Gasteiger partial charge in [0.05, 0.1) is 12.9 Å². The minimum atomic E-state index is 0.0201. The van der Waals surface area contributed by atoms with Crippen molar-refractivity contribution in [2.45, 2.75) is 13.0 Å². The molecule has 0 spiro atoms. The van der Waals surface area contributed by atoms with Gasteiger partial charge in [-0.1, -0.05) is 0 Å². The summed E-state index contributed by atoms with van der Waals surface area (Å²) >= 11 is 0. The highest BCUT2D eigenvalue weighted by molar-refractivity contribution is 5.77. The molecular formula is C11H20N4O2. The van der Waals surface area contributed by atoms with Crippen LogP contribution in [0.1, 0.15) is 6.42 Å². The zero-order valence-corrected chi connectivity index (χ0v) is 10.2. The molecule has 0 radical (unpaired) electrons. The Hall–Kier alpha value is -1.40. The second-order valence-electron chi connectivity index (χ2n) is 3.67. The van der Waals surface area contributed by atoms with Gasteiger partial charge in [0.25, 0.3) is 0 Å². The number of nitrogens with one attached hydrogen (secondary N) is 2. The lowest BCUT2D eigenvalue weighted by molar-refractivity contribution is -0.120. The van der Waals surface area contributed by atoms with E-state index in [1.807, 2.05) is 10.8 Å². The van der Waals surface area contributed by atoms with Crippen molar-refractivity contribution in [2.24, 2.45) is 0 Å². The summed E-state index contributed by atoms with van der Waals surface area (Å²) in [5, 5.41) is 5.88. The number of carbonyl (C=O) groups is 1. The summed E-state index contributed by atoms with van der Waals surface area (Å²) in [6.07, 6.45) is 6.23. The van der Waals surface area contributed by atoms with Gasteiger partial charge in [0, 0.05) is 45.7 Å². The molecule has 1 aromatic heterocycles. The molecule has 2 N–H and O–H groups in total. The van der Waals surface area contributed by atoms with E-state index in [-0.39, 0.29) is 5.91 Å². The first-order valence-corrected chi connectivity index (χ1v) is 5.75. The largest absolute Gasteiger partial charge is 0.385 e. The van der Waals surface area contributed by atoms with Gasteiger partial charge in [0.1, 0.15) is 0 Å². The highest BCUT2D eigenvalue weighted by atomic mass is 16.5. The SMILES string of the molecule is COCCCNC(=O)CNCCn1ccnc1. The zero-order valence-electron chi connectivity index (χ0n) is 10.2. The predicted octanol–water partition coefficient (Wildman–Crippen LogP) is -0.375. The molecule has 0 aliphatic rings. The monoisotopic (exact) mass is 240 g/mol. The average Bonchev–Trinajstić information content (AvgIpc) is 2.83. The Kier molecular flexibility index (Phi) is 7.01. The van der Waals surface area contributed by atoms with E-state index in [4.69, 9.17) is 4.74 Å². The smallest absolute Gasteiger partial charge is 0.233 e. The summed E-state index contributed by atoms with van der Waals surface area (Å²) in [6.45, 7) is 3.25. The van der Waals surface area contributed by atoms with Crippen molar-refractivity contribution in [3.8, 4) is 0 Å². The number of hydrogen-bond acceptors (Lipinski definition) is 4. The van der Waals surface area contributed by atoms with Gasteiger partial charge >= 0.3 is 0 Å². The van der Waals surface area contributed by atoms with Crippen molar-refractivity contribution in [1.29, 1.82) is 0 Å². The first kappa shape index (κ1) is 13.7. The molecule has 1 amide bonds. The van der Waals surface area contributed by atoms with Crippen LogP contribution in [0.5, 0.6) is 0 Å². The fourth-order valence-electron chi connectivity index (χ4n) is 1.34. The van der Waals surface area contributed by atoms with Crippen molar-refractivity contribution in [2.75, 3.05) is 33.4 Å². The van der Waals surface area contributed by atoms with Gasteiger partial charge in [-0.3, -0.25) is 4.79 Å². The Labute approximate surface area is 101 Å². The Morgan fingerprint density at radius 2 is 2.35 bits per heavy atom. The third-order valence-electron chi connectivity index (χ3n) is 2.24. The van der Waals surface area contributed by atoms with Crippen LogP contribution in [0.3, 0.4) is 0 Å². The van der Waals surface area contributed by atoms with Crippen molar-refractivity contribution in [3.05, 3.63) is 18.7 Å². The lowest BCUT2D eigenvalue weighted by atomic mass is 10.4. The fraction of sp³-hybridized carbons (Fsp3) is 0.636. The van der Waals surface area contributed by atoms with E-state index >= 15 is 0 Å². The topological polar surface area (TPSA) is 68.2 Å². The van der Waals surface area contributed by atoms with Crippen molar-refractivity contribution in [3.63, 3.8) is 0 Å². The van der Waals surface area contributed by atoms with E-state index in [1.54, 1.807) is 19.6 Å². The first-order chi connectivity index (χ1) is 8.33. The second-order valence-corrected chi connectivity index (χ2v) is 3.67. The predicted molar refractivity (Wildman–Crippen MR) is 64.6 cm³/mol. The van der Waals surface area contributed by atoms with Gasteiger partial charge in [-0.25, -0.2) is 4.98 Å². The van der Waals surface area contributed by atoms with E-state index in [2.05, 4.69) is 15.6 Å². The molecule has 0 fully saturated rings. The van der Waals surface area contributed by atoms with Gasteiger partial charge in [-0.2, -0.15) is 0 Å². The zero-order chi connectivity index (χ0) is 12.3. The summed E-state index contributed by atoms with van der Waals surface area (Å²) in [7, 11) is 1.65. The summed E-state index contributed by atoms with van der Waals surface area (Å²) in [6, 6.07) is 0. The molecule has 1 rings (SSSR count). The lowest BCUT2D eigenvalue weighted by Crippen LogP contribution is -2.35. The van der Waals surface area contributed by atoms with Crippen molar-refractivity contribution in [1.82, 2.24) is 20.2 Å². The molecule has 96 valence electrons. The van der Waals surface area contributed by atoms with Gasteiger partial charge in [0.15, 0.2) is 0 Å². The number of carbonyl (C=O) groups excluding carboxylic acids is 1. The minimum absolute atomic E-state index is 0.0201. The van der Waals surface area contributed by atoms with Crippen molar-refractivity contribution >= 4 is 5.91 Å². The van der Waals surface area contributed by atoms with Crippen LogP contribution in [-0.4, -0.2) is 48.8 Å². The van der Waals surface area contributed by atoms with Gasteiger partial charge < -0.3 is 19.9 Å². The van der Waals surface area contributed by atoms with E-state index < -0.39 is 0 Å². The first-order valence-electron chi connectivity index (χ1n) is 5.75. The standard InChI is InChI=1S/C11H20N4O2/c1-17-8-2-3-14-11(16)9-12-4-6-15-7-5-13-10-15/h5,7,10,12H,2-4,6,8-9H2,1H3,(H,14,16). The number of hydrogen-bond donors (Lipinski definition) is 2. The maximum absolute atomic E-state index is 11.3. The Morgan fingerprint density at radius 1 is 1.47 bits per heavy atom. The van der Waals surface area contributed by atoms with Crippen LogP contribution in [-0.2, 0) is 16.1 Å². The number of amides is 1. The molecule has 0 unspecified atom stereocenters. The minimum Gasteiger partial charge on any atom is -0.385 e. The molecule has 0 bridgehead atoms. The molecule has 0 aliphatic heterocycles. The maximum Gasteiger partial charge on any atom is 0.233 e. The number of aromatic nitrogens is 2. The van der Waals surface area contributed by atoms with Crippen LogP contribution in [0.15, 0.2) is 18.7 Å². The molecular weight excluding hydrogens is 220 g/mol. The Morgan fingerprint density at radius 3 is 3.06 bits per heavy atom. The van der Waals surface area contributed by atoms with Crippen molar-refractivity contribution < 1.29 is 9.53 Å². The van der Waals surface area contributed by atoms with Crippen LogP contribution in [0.2, 0.25) is 0 Å². The van der Waals surface area contributed by atoms with Gasteiger partial charge in [-0.15, -0.1) is 0 Å². The summed E-state index contributed by atoms with van der Waals surface area (Å²) in [5.41, 5.74) is 0. The summed E-state index contributed by atoms with van der Waals surface area (Å²) in [5.74, 6) is 0.0201. The number of ether oxygens (including phenoxy) is 1. The van der Waals surface area contributed by atoms with E-state index in [9.17, 15) is 4.79 Å². The third-order valence-corrected chi connectivity index (χ3v) is 2.24. The number of rotatable bonds is 9. The normalized spacial score (nSPS) is 10.4. The van der Waals surface area contributed by atoms with E-state index in [0.29, 0.717) is 19.7 Å². The highest BCUT2D eigenvalue weighted by Crippen LogP contribution is 1.83. The van der Waals surface area contributed by atoms with Crippen LogP contribution in [0.4, 0.5) is 0 Å². The summed E-state index contributed by atoms with van der Waals surface area (Å²) in [4.78, 5) is 15.3. The van der Waals surface area contributed by atoms with Crippen LogP contribution >= 0.6 is 0 Å². The van der Waals surface area contributed by atoms with Gasteiger partial charge in [-0.05, 0) is 6.42 Å². The second kappa shape index (κ2) is 8.72. The number of methoxy groups -OCH3 is 1. The molecule has 0 saturated carbocycles. The molecule has 0 aliphatic carbocycles. The Balaban J connectivity index is 1.93. The third kappa shape index (κ3) is 6.70. The molecule has 0 atom stereocenters. The highest BCUT2D eigenvalue weighted by Gasteiger charge is 1.99. The average molecular weight is 240 g/mol. The molecule has 0 saturated heterocycles. The van der Waals surface area contributed by atoms with E-state index in [0.717, 1.165) is 19.5 Å². The molecule has 6 heteroatoms. The summed E-state index contributed by atoms with van der Waals surface area (Å²) < 4.78 is 6.85. The lowest BCUT2D eigenvalue weighted by Gasteiger charge is -2.06. The molecule has 1 heterocycles.